The summed E-state index contributed by atoms with van der Waals surface area (Å²) < 4.78 is 6.94. The number of amides is 1. The van der Waals surface area contributed by atoms with Crippen molar-refractivity contribution < 1.29 is 14.6 Å². The van der Waals surface area contributed by atoms with Crippen LogP contribution in [0, 0.1) is 5.41 Å². The number of aromatic nitrogens is 2. The lowest BCUT2D eigenvalue weighted by Crippen LogP contribution is -2.29. The molecule has 3 rings (SSSR count). The molecule has 1 aromatic heterocycles. The molecule has 1 amide bonds. The Kier molecular flexibility index (Phi) is 9.70. The van der Waals surface area contributed by atoms with Crippen LogP contribution < -0.4 is 11.0 Å². The summed E-state index contributed by atoms with van der Waals surface area (Å²) in [4.78, 5) is 28.6. The van der Waals surface area contributed by atoms with Gasteiger partial charge in [0.1, 0.15) is 17.5 Å². The molecule has 0 saturated carbocycles. The second kappa shape index (κ2) is 12.5. The van der Waals surface area contributed by atoms with E-state index >= 15 is 0 Å². The van der Waals surface area contributed by atoms with Crippen LogP contribution in [0.15, 0.2) is 75.8 Å². The Labute approximate surface area is 217 Å². The smallest absolute Gasteiger partial charge is 0.351 e. The molecule has 0 bridgehead atoms. The molecule has 0 spiro atoms. The highest BCUT2D eigenvalue weighted by molar-refractivity contribution is 8.00. The molecule has 2 heterocycles. The summed E-state index contributed by atoms with van der Waals surface area (Å²) in [5.74, 6) is 0.360. The van der Waals surface area contributed by atoms with E-state index in [1.165, 1.54) is 52.8 Å². The van der Waals surface area contributed by atoms with Crippen molar-refractivity contribution in [3.8, 4) is 0 Å². The molecule has 7 nitrogen and oxygen atoms in total. The minimum atomic E-state index is -0.520. The second-order valence-electron chi connectivity index (χ2n) is 9.95. The minimum Gasteiger partial charge on any atom is -0.393 e. The summed E-state index contributed by atoms with van der Waals surface area (Å²) in [6.45, 7) is 10.6. The second-order valence-corrected chi connectivity index (χ2v) is 11.1. The molecule has 0 radical (unpaired) electrons. The number of nitrogens with one attached hydrogen (secondary N) is 1. The Morgan fingerprint density at radius 1 is 1.33 bits per heavy atom. The number of thioether (sulfide) groups is 1. The number of carbonyl (C=O) groups excluding carboxylic acids is 1. The maximum Gasteiger partial charge on any atom is 0.351 e. The Hall–Kier alpha value is -2.68. The fourth-order valence-electron chi connectivity index (χ4n) is 4.44. The normalized spacial score (nSPS) is 23.2. The third-order valence-corrected chi connectivity index (χ3v) is 7.52. The molecule has 36 heavy (non-hydrogen) atoms. The predicted octanol–water partition coefficient (Wildman–Crippen LogP) is 5.29. The average molecular weight is 512 g/mol. The molecule has 1 aliphatic carbocycles. The maximum absolute atomic E-state index is 12.4. The molecular formula is C28H37N3O4S. The monoisotopic (exact) mass is 511 g/mol. The first-order valence-corrected chi connectivity index (χ1v) is 13.3. The van der Waals surface area contributed by atoms with E-state index in [0.717, 1.165) is 11.1 Å². The Bertz CT molecular complexity index is 1170. The molecule has 2 N–H and O–H groups in total. The van der Waals surface area contributed by atoms with Crippen LogP contribution >= 0.6 is 11.8 Å². The van der Waals surface area contributed by atoms with Crippen molar-refractivity contribution in [1.29, 1.82) is 0 Å². The summed E-state index contributed by atoms with van der Waals surface area (Å²) in [6, 6.07) is 1.56. The van der Waals surface area contributed by atoms with E-state index < -0.39 is 11.9 Å². The van der Waals surface area contributed by atoms with Crippen molar-refractivity contribution >= 4 is 23.5 Å². The van der Waals surface area contributed by atoms with Gasteiger partial charge in [-0.05, 0) is 62.7 Å². The van der Waals surface area contributed by atoms with Crippen molar-refractivity contribution in [1.82, 2.24) is 9.55 Å². The van der Waals surface area contributed by atoms with Crippen LogP contribution in [0.5, 0.6) is 0 Å². The summed E-state index contributed by atoms with van der Waals surface area (Å²) in [5.41, 5.74) is 4.16. The van der Waals surface area contributed by atoms with Crippen molar-refractivity contribution in [3.05, 3.63) is 81.5 Å². The van der Waals surface area contributed by atoms with Crippen LogP contribution in [0.1, 0.15) is 60.1 Å². The molecule has 194 valence electrons. The van der Waals surface area contributed by atoms with Gasteiger partial charge in [-0.25, -0.2) is 4.79 Å². The highest BCUT2D eigenvalue weighted by atomic mass is 32.2. The zero-order valence-electron chi connectivity index (χ0n) is 21.8. The van der Waals surface area contributed by atoms with E-state index in [-0.39, 0.29) is 29.2 Å². The number of hydrogen-bond donors (Lipinski definition) is 2. The highest BCUT2D eigenvalue weighted by Gasteiger charge is 2.28. The van der Waals surface area contributed by atoms with Crippen molar-refractivity contribution in [2.75, 3.05) is 17.7 Å². The van der Waals surface area contributed by atoms with E-state index in [1.54, 1.807) is 12.3 Å². The largest absolute Gasteiger partial charge is 0.393 e. The third-order valence-electron chi connectivity index (χ3n) is 6.41. The maximum atomic E-state index is 12.4. The predicted molar refractivity (Wildman–Crippen MR) is 147 cm³/mol. The molecule has 1 fully saturated rings. The van der Waals surface area contributed by atoms with Gasteiger partial charge in [-0.3, -0.25) is 9.36 Å². The van der Waals surface area contributed by atoms with Crippen LogP contribution in [-0.4, -0.2) is 38.4 Å². The van der Waals surface area contributed by atoms with Gasteiger partial charge in [-0.1, -0.05) is 55.4 Å². The number of rotatable bonds is 8. The fourth-order valence-corrected chi connectivity index (χ4v) is 5.37. The highest BCUT2D eigenvalue weighted by Crippen LogP contribution is 2.40. The Morgan fingerprint density at radius 3 is 2.78 bits per heavy atom. The first kappa shape index (κ1) is 27.9. The van der Waals surface area contributed by atoms with Gasteiger partial charge in [0, 0.05) is 18.0 Å². The molecule has 1 saturated heterocycles. The number of ether oxygens (including phenoxy) is 1. The van der Waals surface area contributed by atoms with Crippen LogP contribution in [0.2, 0.25) is 0 Å². The lowest BCUT2D eigenvalue weighted by molar-refractivity contribution is -0.112. The molecule has 1 aromatic rings. The summed E-state index contributed by atoms with van der Waals surface area (Å²) in [7, 11) is 0. The lowest BCUT2D eigenvalue weighted by atomic mass is 9.72. The van der Waals surface area contributed by atoms with Gasteiger partial charge >= 0.3 is 5.69 Å². The van der Waals surface area contributed by atoms with E-state index in [9.17, 15) is 14.7 Å². The summed E-state index contributed by atoms with van der Waals surface area (Å²) in [6.07, 6.45) is 16.4. The number of carbonyl (C=O) groups is 1. The van der Waals surface area contributed by atoms with Crippen LogP contribution in [-0.2, 0) is 9.53 Å². The van der Waals surface area contributed by atoms with Gasteiger partial charge in [-0.2, -0.15) is 4.98 Å². The Balaban J connectivity index is 1.56. The topological polar surface area (TPSA) is 93.5 Å². The molecule has 1 aliphatic heterocycles. The number of allylic oxidation sites excluding steroid dienone is 9. The number of nitrogens with zero attached hydrogens (tertiary/aromatic N) is 2. The quantitative estimate of drug-likeness (QED) is 0.364. The van der Waals surface area contributed by atoms with Crippen molar-refractivity contribution in [2.24, 2.45) is 5.41 Å². The van der Waals surface area contributed by atoms with Crippen molar-refractivity contribution in [2.45, 2.75) is 65.5 Å². The Morgan fingerprint density at radius 2 is 2.11 bits per heavy atom. The van der Waals surface area contributed by atoms with Gasteiger partial charge < -0.3 is 15.2 Å². The van der Waals surface area contributed by atoms with Gasteiger partial charge in [0.2, 0.25) is 5.91 Å². The first-order chi connectivity index (χ1) is 17.1. The van der Waals surface area contributed by atoms with Gasteiger partial charge in [0.25, 0.3) is 0 Å². The number of hydrogen-bond acceptors (Lipinski definition) is 6. The summed E-state index contributed by atoms with van der Waals surface area (Å²) in [5, 5.41) is 11.8. The molecule has 2 aliphatic rings. The van der Waals surface area contributed by atoms with Gasteiger partial charge in [0.15, 0.2) is 0 Å². The molecule has 0 aromatic carbocycles. The van der Waals surface area contributed by atoms with Gasteiger partial charge in [-0.15, -0.1) is 11.8 Å². The minimum absolute atomic E-state index is 0.111. The lowest BCUT2D eigenvalue weighted by Gasteiger charge is -2.32. The number of anilines is 1. The standard InChI is InChI=1S/C28H37N3O4S/c1-19(11-12-22-21(3)10-7-14-28(22,4)5)8-6-9-20(2)16-24(33)29-23-13-15-31(27(34)30-23)25-18-36-26(17-32)35-25/h6,8-9,11-13,15-16,25-26,32H,7,10,14,17-18H2,1-5H3,(H,29,30,33,34)/b9-6+,12-11+,19-8+,20-16+/t25-,26+/m1/s1. The van der Waals surface area contributed by atoms with E-state index in [4.69, 9.17) is 4.74 Å². The molecule has 0 unspecified atom stereocenters. The van der Waals surface area contributed by atoms with Crippen molar-refractivity contribution in [3.63, 3.8) is 0 Å². The van der Waals surface area contributed by atoms with E-state index in [1.807, 2.05) is 25.2 Å². The van der Waals surface area contributed by atoms with E-state index in [0.29, 0.717) is 5.75 Å². The number of aliphatic hydroxyl groups is 1. The zero-order chi connectivity index (χ0) is 26.3. The summed E-state index contributed by atoms with van der Waals surface area (Å²) >= 11 is 1.44. The average Bonchev–Trinajstić information content (AvgIpc) is 3.27. The van der Waals surface area contributed by atoms with E-state index in [2.05, 4.69) is 50.1 Å². The SMILES string of the molecule is CC1=C(/C=C/C(C)=C/C=C/C(C)=C/C(=O)Nc2ccn([C@H]3CS[C@@H](CO)O3)c(=O)n2)C(C)(C)CCC1. The fraction of sp³-hybridized carbons (Fsp3) is 0.464. The zero-order valence-corrected chi connectivity index (χ0v) is 22.6. The molecule has 8 heteroatoms. The molecule has 2 atom stereocenters. The van der Waals surface area contributed by atoms with Gasteiger partial charge in [0.05, 0.1) is 6.61 Å². The van der Waals surface area contributed by atoms with Crippen LogP contribution in [0.4, 0.5) is 5.82 Å². The first-order valence-electron chi connectivity index (χ1n) is 12.3. The number of aliphatic hydroxyl groups excluding tert-OH is 1. The van der Waals surface area contributed by atoms with Crippen LogP contribution in [0.3, 0.4) is 0 Å². The molecular weight excluding hydrogens is 474 g/mol. The third kappa shape index (κ3) is 7.66. The van der Waals surface area contributed by atoms with Crippen LogP contribution in [0.25, 0.3) is 0 Å².